The monoisotopic (exact) mass is 398 g/mol. The number of carbonyl (C=O) groups is 1. The third kappa shape index (κ3) is 5.10. The third-order valence-electron chi connectivity index (χ3n) is 4.62. The molecule has 0 saturated carbocycles. The number of allylic oxidation sites excluding steroid dienone is 2. The molecule has 0 spiro atoms. The number of benzene rings is 1. The summed E-state index contributed by atoms with van der Waals surface area (Å²) in [6.07, 6.45) is 3.57. The molecule has 8 heteroatoms. The lowest BCUT2D eigenvalue weighted by Gasteiger charge is -2.17. The molecule has 1 N–H and O–H groups in total. The highest BCUT2D eigenvalue weighted by molar-refractivity contribution is 5.75. The van der Waals surface area contributed by atoms with Crippen LogP contribution >= 0.6 is 0 Å². The second-order valence-corrected chi connectivity index (χ2v) is 6.55. The van der Waals surface area contributed by atoms with Gasteiger partial charge in [-0.2, -0.15) is 0 Å². The Morgan fingerprint density at radius 3 is 1.97 bits per heavy atom. The van der Waals surface area contributed by atoms with Crippen LogP contribution in [0, 0.1) is 0 Å². The van der Waals surface area contributed by atoms with Gasteiger partial charge in [0.1, 0.15) is 6.54 Å². The van der Waals surface area contributed by atoms with Crippen molar-refractivity contribution in [1.82, 2.24) is 19.0 Å². The minimum absolute atomic E-state index is 0.0668. The SMILES string of the molecule is C=CCn1c(=O)n(CC=C)c(=O)n(CC(=O)NC[C@H](CC)c2ccccc2)c1=O. The van der Waals surface area contributed by atoms with E-state index in [1.807, 2.05) is 37.3 Å². The summed E-state index contributed by atoms with van der Waals surface area (Å²) in [5.74, 6) is -0.364. The number of nitrogens with one attached hydrogen (secondary N) is 1. The van der Waals surface area contributed by atoms with Crippen LogP contribution in [0.15, 0.2) is 70.0 Å². The van der Waals surface area contributed by atoms with E-state index in [1.165, 1.54) is 12.2 Å². The van der Waals surface area contributed by atoms with E-state index in [9.17, 15) is 19.2 Å². The van der Waals surface area contributed by atoms with Crippen molar-refractivity contribution < 1.29 is 4.79 Å². The number of amides is 1. The van der Waals surface area contributed by atoms with Crippen LogP contribution in [0.4, 0.5) is 0 Å². The lowest BCUT2D eigenvalue weighted by Crippen LogP contribution is -2.55. The molecule has 1 heterocycles. The van der Waals surface area contributed by atoms with E-state index < -0.39 is 29.5 Å². The predicted molar refractivity (Wildman–Crippen MR) is 112 cm³/mol. The molecule has 0 aliphatic rings. The van der Waals surface area contributed by atoms with Crippen LogP contribution in [-0.4, -0.2) is 26.2 Å². The van der Waals surface area contributed by atoms with Gasteiger partial charge in [-0.15, -0.1) is 13.2 Å². The van der Waals surface area contributed by atoms with Gasteiger partial charge in [0.15, 0.2) is 0 Å². The molecular weight excluding hydrogens is 372 g/mol. The Morgan fingerprint density at radius 1 is 0.966 bits per heavy atom. The van der Waals surface area contributed by atoms with E-state index in [1.54, 1.807) is 0 Å². The first-order valence-electron chi connectivity index (χ1n) is 9.42. The number of hydrogen-bond donors (Lipinski definition) is 1. The molecule has 1 amide bonds. The maximum Gasteiger partial charge on any atom is 0.337 e. The van der Waals surface area contributed by atoms with E-state index in [0.717, 1.165) is 25.7 Å². The van der Waals surface area contributed by atoms with Crippen LogP contribution < -0.4 is 22.4 Å². The Kier molecular flexibility index (Phi) is 7.70. The van der Waals surface area contributed by atoms with Crippen LogP contribution in [-0.2, 0) is 24.4 Å². The minimum atomic E-state index is -0.842. The van der Waals surface area contributed by atoms with E-state index in [0.29, 0.717) is 6.54 Å². The van der Waals surface area contributed by atoms with Crippen molar-refractivity contribution in [3.8, 4) is 0 Å². The molecule has 1 aromatic heterocycles. The highest BCUT2D eigenvalue weighted by Crippen LogP contribution is 2.17. The molecule has 0 bridgehead atoms. The molecule has 0 aliphatic carbocycles. The Morgan fingerprint density at radius 2 is 1.48 bits per heavy atom. The van der Waals surface area contributed by atoms with Gasteiger partial charge >= 0.3 is 17.1 Å². The molecular formula is C21H26N4O4. The highest BCUT2D eigenvalue weighted by atomic mass is 16.2. The maximum atomic E-state index is 12.6. The Labute approximate surface area is 168 Å². The van der Waals surface area contributed by atoms with Crippen molar-refractivity contribution in [2.24, 2.45) is 0 Å². The number of hydrogen-bond acceptors (Lipinski definition) is 4. The lowest BCUT2D eigenvalue weighted by molar-refractivity contribution is -0.121. The molecule has 0 unspecified atom stereocenters. The molecule has 0 saturated heterocycles. The van der Waals surface area contributed by atoms with Gasteiger partial charge < -0.3 is 5.32 Å². The molecule has 1 atom stereocenters. The first kappa shape index (κ1) is 21.9. The molecule has 29 heavy (non-hydrogen) atoms. The van der Waals surface area contributed by atoms with Crippen LogP contribution in [0.5, 0.6) is 0 Å². The average molecular weight is 398 g/mol. The smallest absolute Gasteiger partial charge is 0.337 e. The quantitative estimate of drug-likeness (QED) is 0.601. The number of nitrogens with zero attached hydrogens (tertiary/aromatic N) is 3. The van der Waals surface area contributed by atoms with Crippen molar-refractivity contribution >= 4 is 5.91 Å². The molecule has 154 valence electrons. The summed E-state index contributed by atoms with van der Waals surface area (Å²) in [6.45, 7) is 8.83. The Balaban J connectivity index is 2.26. The second kappa shape index (κ2) is 10.2. The molecule has 0 fully saturated rings. The van der Waals surface area contributed by atoms with Gasteiger partial charge in [0.05, 0.1) is 13.1 Å². The number of carbonyl (C=O) groups excluding carboxylic acids is 1. The standard InChI is InChI=1S/C21H26N4O4/c1-4-12-23-19(27)24(13-5-2)21(29)25(20(23)28)15-18(26)22-14-16(6-3)17-10-8-7-9-11-17/h4-5,7-11,16H,1-2,6,12-15H2,3H3,(H,22,26)/t16-/m0/s1. The van der Waals surface area contributed by atoms with Crippen molar-refractivity contribution in [3.05, 3.63) is 92.7 Å². The van der Waals surface area contributed by atoms with Gasteiger partial charge in [-0.05, 0) is 12.0 Å². The first-order chi connectivity index (χ1) is 13.9. The fraction of sp³-hybridized carbons (Fsp3) is 0.333. The van der Waals surface area contributed by atoms with Gasteiger partial charge in [0.25, 0.3) is 0 Å². The molecule has 2 rings (SSSR count). The second-order valence-electron chi connectivity index (χ2n) is 6.55. The molecule has 8 nitrogen and oxygen atoms in total. The lowest BCUT2D eigenvalue weighted by atomic mass is 9.96. The van der Waals surface area contributed by atoms with Crippen LogP contribution in [0.3, 0.4) is 0 Å². The zero-order chi connectivity index (χ0) is 21.4. The third-order valence-corrected chi connectivity index (χ3v) is 4.62. The van der Waals surface area contributed by atoms with Crippen LogP contribution in [0.2, 0.25) is 0 Å². The van der Waals surface area contributed by atoms with Gasteiger partial charge in [0.2, 0.25) is 5.91 Å². The Bertz CT molecular complexity index is 999. The molecule has 2 aromatic rings. The summed E-state index contributed by atoms with van der Waals surface area (Å²) in [7, 11) is 0. The van der Waals surface area contributed by atoms with E-state index >= 15 is 0 Å². The van der Waals surface area contributed by atoms with Gasteiger partial charge in [-0.1, -0.05) is 49.4 Å². The molecule has 0 radical (unpaired) electrons. The van der Waals surface area contributed by atoms with Crippen molar-refractivity contribution in [3.63, 3.8) is 0 Å². The zero-order valence-electron chi connectivity index (χ0n) is 16.5. The fourth-order valence-corrected chi connectivity index (χ4v) is 3.05. The summed E-state index contributed by atoms with van der Waals surface area (Å²) >= 11 is 0. The summed E-state index contributed by atoms with van der Waals surface area (Å²) in [6, 6.07) is 9.77. The topological polar surface area (TPSA) is 95.1 Å². The highest BCUT2D eigenvalue weighted by Gasteiger charge is 2.17. The van der Waals surface area contributed by atoms with Gasteiger partial charge in [-0.3, -0.25) is 4.79 Å². The number of aromatic nitrogens is 3. The van der Waals surface area contributed by atoms with Gasteiger partial charge in [-0.25, -0.2) is 28.1 Å². The van der Waals surface area contributed by atoms with E-state index in [-0.39, 0.29) is 19.0 Å². The summed E-state index contributed by atoms with van der Waals surface area (Å²) < 4.78 is 2.49. The zero-order valence-corrected chi connectivity index (χ0v) is 16.5. The van der Waals surface area contributed by atoms with Crippen LogP contribution in [0.1, 0.15) is 24.8 Å². The molecule has 1 aromatic carbocycles. The molecule has 0 aliphatic heterocycles. The van der Waals surface area contributed by atoms with Crippen LogP contribution in [0.25, 0.3) is 0 Å². The minimum Gasteiger partial charge on any atom is -0.354 e. The Hall–Kier alpha value is -3.42. The normalized spacial score (nSPS) is 11.6. The largest absolute Gasteiger partial charge is 0.354 e. The van der Waals surface area contributed by atoms with Crippen molar-refractivity contribution in [2.45, 2.75) is 38.9 Å². The van der Waals surface area contributed by atoms with E-state index in [2.05, 4.69) is 18.5 Å². The summed E-state index contributed by atoms with van der Waals surface area (Å²) in [5.41, 5.74) is -1.34. The van der Waals surface area contributed by atoms with Crippen molar-refractivity contribution in [1.29, 1.82) is 0 Å². The predicted octanol–water partition coefficient (Wildman–Crippen LogP) is 0.854. The summed E-state index contributed by atoms with van der Waals surface area (Å²) in [4.78, 5) is 49.9. The number of rotatable bonds is 10. The fourth-order valence-electron chi connectivity index (χ4n) is 3.05. The average Bonchev–Trinajstić information content (AvgIpc) is 2.73. The summed E-state index contributed by atoms with van der Waals surface area (Å²) in [5, 5.41) is 2.78. The maximum absolute atomic E-state index is 12.6. The van der Waals surface area contributed by atoms with E-state index in [4.69, 9.17) is 0 Å². The first-order valence-corrected chi connectivity index (χ1v) is 9.42. The van der Waals surface area contributed by atoms with Crippen molar-refractivity contribution in [2.75, 3.05) is 6.54 Å². The van der Waals surface area contributed by atoms with Gasteiger partial charge in [0, 0.05) is 12.5 Å².